The number of ether oxygens (including phenoxy) is 2. The van der Waals surface area contributed by atoms with Gasteiger partial charge in [-0.15, -0.1) is 13.2 Å². The van der Waals surface area contributed by atoms with Gasteiger partial charge in [0.25, 0.3) is 0 Å². The van der Waals surface area contributed by atoms with Gasteiger partial charge in [0, 0.05) is 7.11 Å². The summed E-state index contributed by atoms with van der Waals surface area (Å²) in [4.78, 5) is 0. The molecule has 0 unspecified atom stereocenters. The van der Waals surface area contributed by atoms with Crippen molar-refractivity contribution in [2.24, 2.45) is 0 Å². The van der Waals surface area contributed by atoms with Crippen molar-refractivity contribution in [1.29, 1.82) is 0 Å². The van der Waals surface area contributed by atoms with Gasteiger partial charge in [-0.05, 0) is 18.1 Å². The monoisotopic (exact) mass is 220 g/mol. The summed E-state index contributed by atoms with van der Waals surface area (Å²) >= 11 is 0. The smallest absolute Gasteiger partial charge is 0.406 e. The molecule has 0 fully saturated rings. The average molecular weight is 220 g/mol. The highest BCUT2D eigenvalue weighted by Gasteiger charge is 2.31. The third-order valence-corrected chi connectivity index (χ3v) is 1.77. The van der Waals surface area contributed by atoms with Gasteiger partial charge in [0.2, 0.25) is 0 Å². The number of hydrogen-bond donors (Lipinski definition) is 0. The van der Waals surface area contributed by atoms with Crippen LogP contribution < -0.4 is 4.74 Å². The SMILES string of the molecule is COCCc1ccccc1OC(F)(F)F. The largest absolute Gasteiger partial charge is 0.573 e. The number of para-hydroxylation sites is 1. The molecule has 0 aliphatic carbocycles. The van der Waals surface area contributed by atoms with Gasteiger partial charge < -0.3 is 9.47 Å². The maximum atomic E-state index is 12.0. The van der Waals surface area contributed by atoms with Crippen LogP contribution in [0.4, 0.5) is 13.2 Å². The van der Waals surface area contributed by atoms with Gasteiger partial charge >= 0.3 is 6.36 Å². The van der Waals surface area contributed by atoms with Crippen LogP contribution in [0.5, 0.6) is 5.75 Å². The van der Waals surface area contributed by atoms with Crippen molar-refractivity contribution in [2.75, 3.05) is 13.7 Å². The molecule has 0 aromatic heterocycles. The summed E-state index contributed by atoms with van der Waals surface area (Å²) in [6, 6.07) is 6.03. The van der Waals surface area contributed by atoms with E-state index in [0.29, 0.717) is 18.6 Å². The molecule has 1 rings (SSSR count). The maximum Gasteiger partial charge on any atom is 0.573 e. The van der Waals surface area contributed by atoms with E-state index in [0.717, 1.165) is 0 Å². The van der Waals surface area contributed by atoms with E-state index in [2.05, 4.69) is 4.74 Å². The molecule has 0 radical (unpaired) electrons. The predicted molar refractivity (Wildman–Crippen MR) is 48.7 cm³/mol. The van der Waals surface area contributed by atoms with Crippen LogP contribution in [0.2, 0.25) is 0 Å². The standard InChI is InChI=1S/C10H11F3O2/c1-14-7-6-8-4-2-3-5-9(8)15-10(11,12)13/h2-5H,6-7H2,1H3. The second-order valence-corrected chi connectivity index (χ2v) is 2.90. The summed E-state index contributed by atoms with van der Waals surface area (Å²) in [7, 11) is 1.49. The summed E-state index contributed by atoms with van der Waals surface area (Å²) in [5, 5.41) is 0. The Morgan fingerprint density at radius 2 is 1.87 bits per heavy atom. The number of halogens is 3. The van der Waals surface area contributed by atoms with E-state index in [-0.39, 0.29) is 5.75 Å². The summed E-state index contributed by atoms with van der Waals surface area (Å²) in [5.41, 5.74) is 0.483. The molecule has 0 aliphatic rings. The van der Waals surface area contributed by atoms with Crippen molar-refractivity contribution >= 4 is 0 Å². The zero-order valence-electron chi connectivity index (χ0n) is 8.17. The van der Waals surface area contributed by atoms with Crippen LogP contribution in [-0.4, -0.2) is 20.1 Å². The Kier molecular flexibility index (Phi) is 3.96. The van der Waals surface area contributed by atoms with E-state index in [9.17, 15) is 13.2 Å². The van der Waals surface area contributed by atoms with Crippen molar-refractivity contribution < 1.29 is 22.6 Å². The lowest BCUT2D eigenvalue weighted by molar-refractivity contribution is -0.274. The highest BCUT2D eigenvalue weighted by Crippen LogP contribution is 2.26. The molecule has 84 valence electrons. The summed E-state index contributed by atoms with van der Waals surface area (Å²) < 4.78 is 44.6. The first-order valence-electron chi connectivity index (χ1n) is 4.35. The molecule has 0 heterocycles. The molecule has 0 atom stereocenters. The first kappa shape index (κ1) is 11.8. The molecule has 0 amide bonds. The van der Waals surface area contributed by atoms with E-state index in [1.165, 1.54) is 19.2 Å². The minimum absolute atomic E-state index is 0.165. The molecular weight excluding hydrogens is 209 g/mol. The fraction of sp³-hybridized carbons (Fsp3) is 0.400. The van der Waals surface area contributed by atoms with Crippen molar-refractivity contribution in [3.05, 3.63) is 29.8 Å². The highest BCUT2D eigenvalue weighted by molar-refractivity contribution is 5.33. The van der Waals surface area contributed by atoms with Gasteiger partial charge in [-0.1, -0.05) is 18.2 Å². The lowest BCUT2D eigenvalue weighted by Crippen LogP contribution is -2.18. The van der Waals surface area contributed by atoms with E-state index in [4.69, 9.17) is 4.74 Å². The molecule has 0 aliphatic heterocycles. The molecule has 0 saturated heterocycles. The zero-order valence-corrected chi connectivity index (χ0v) is 8.17. The molecule has 0 N–H and O–H groups in total. The van der Waals surface area contributed by atoms with Crippen LogP contribution in [0.15, 0.2) is 24.3 Å². The second kappa shape index (κ2) is 5.02. The molecule has 2 nitrogen and oxygen atoms in total. The predicted octanol–water partition coefficient (Wildman–Crippen LogP) is 2.77. The first-order chi connectivity index (χ1) is 7.03. The minimum Gasteiger partial charge on any atom is -0.406 e. The van der Waals surface area contributed by atoms with E-state index in [1.54, 1.807) is 12.1 Å². The maximum absolute atomic E-state index is 12.0. The first-order valence-corrected chi connectivity index (χ1v) is 4.35. The Balaban J connectivity index is 2.77. The molecule has 1 aromatic rings. The Morgan fingerprint density at radius 1 is 1.20 bits per heavy atom. The number of rotatable bonds is 4. The number of alkyl halides is 3. The normalized spacial score (nSPS) is 11.5. The Hall–Kier alpha value is -1.23. The van der Waals surface area contributed by atoms with E-state index >= 15 is 0 Å². The third kappa shape index (κ3) is 4.20. The van der Waals surface area contributed by atoms with Gasteiger partial charge in [-0.3, -0.25) is 0 Å². The molecule has 0 saturated carbocycles. The summed E-state index contributed by atoms with van der Waals surface area (Å²) in [6.07, 6.45) is -4.26. The van der Waals surface area contributed by atoms with Gasteiger partial charge in [-0.25, -0.2) is 0 Å². The average Bonchev–Trinajstić information content (AvgIpc) is 2.14. The zero-order chi connectivity index (χ0) is 11.3. The van der Waals surface area contributed by atoms with Crippen LogP contribution in [0, 0.1) is 0 Å². The van der Waals surface area contributed by atoms with E-state index in [1.807, 2.05) is 0 Å². The van der Waals surface area contributed by atoms with Crippen molar-refractivity contribution in [2.45, 2.75) is 12.8 Å². The quantitative estimate of drug-likeness (QED) is 0.776. The van der Waals surface area contributed by atoms with Crippen molar-refractivity contribution in [3.63, 3.8) is 0 Å². The fourth-order valence-corrected chi connectivity index (χ4v) is 1.15. The van der Waals surface area contributed by atoms with E-state index < -0.39 is 6.36 Å². The van der Waals surface area contributed by atoms with Crippen LogP contribution in [0.25, 0.3) is 0 Å². The summed E-state index contributed by atoms with van der Waals surface area (Å²) in [5.74, 6) is -0.165. The molecular formula is C10H11F3O2. The molecule has 5 heteroatoms. The van der Waals surface area contributed by atoms with Gasteiger partial charge in [0.15, 0.2) is 0 Å². The number of methoxy groups -OCH3 is 1. The third-order valence-electron chi connectivity index (χ3n) is 1.77. The highest BCUT2D eigenvalue weighted by atomic mass is 19.4. The van der Waals surface area contributed by atoms with Crippen LogP contribution in [0.3, 0.4) is 0 Å². The number of hydrogen-bond acceptors (Lipinski definition) is 2. The lowest BCUT2D eigenvalue weighted by Gasteiger charge is -2.12. The Morgan fingerprint density at radius 3 is 2.47 bits per heavy atom. The van der Waals surface area contributed by atoms with Gasteiger partial charge in [-0.2, -0.15) is 0 Å². The molecule has 0 spiro atoms. The van der Waals surface area contributed by atoms with Crippen molar-refractivity contribution in [1.82, 2.24) is 0 Å². The fourth-order valence-electron chi connectivity index (χ4n) is 1.15. The van der Waals surface area contributed by atoms with Gasteiger partial charge in [0.05, 0.1) is 6.61 Å². The lowest BCUT2D eigenvalue weighted by atomic mass is 10.1. The van der Waals surface area contributed by atoms with Gasteiger partial charge in [0.1, 0.15) is 5.75 Å². The Labute approximate surface area is 85.6 Å². The van der Waals surface area contributed by atoms with Crippen LogP contribution in [-0.2, 0) is 11.2 Å². The second-order valence-electron chi connectivity index (χ2n) is 2.90. The van der Waals surface area contributed by atoms with Crippen LogP contribution in [0.1, 0.15) is 5.56 Å². The molecule has 15 heavy (non-hydrogen) atoms. The molecule has 0 bridgehead atoms. The summed E-state index contributed by atoms with van der Waals surface area (Å²) in [6.45, 7) is 0.359. The Bertz CT molecular complexity index is 310. The van der Waals surface area contributed by atoms with Crippen LogP contribution >= 0.6 is 0 Å². The minimum atomic E-state index is -4.65. The van der Waals surface area contributed by atoms with Crippen molar-refractivity contribution in [3.8, 4) is 5.75 Å². The topological polar surface area (TPSA) is 18.5 Å². The molecule has 1 aromatic carbocycles. The number of benzene rings is 1.